The Labute approximate surface area is 78.8 Å². The molecule has 1 rings (SSSR count). The van der Waals surface area contributed by atoms with E-state index in [4.69, 9.17) is 0 Å². The molecular weight excluding hydrogens is 142 g/mol. The highest BCUT2D eigenvalue weighted by Crippen LogP contribution is 2.36. The van der Waals surface area contributed by atoms with Crippen LogP contribution in [0.3, 0.4) is 0 Å². The molecule has 1 unspecified atom stereocenters. The van der Waals surface area contributed by atoms with Gasteiger partial charge in [-0.1, -0.05) is 64.2 Å². The van der Waals surface area contributed by atoms with E-state index in [1.165, 1.54) is 25.4 Å². The molecule has 0 amide bonds. The van der Waals surface area contributed by atoms with Gasteiger partial charge in [0, 0.05) is 0 Å². The van der Waals surface area contributed by atoms with Gasteiger partial charge in [-0.05, 0) is 0 Å². The highest BCUT2D eigenvalue weighted by molar-refractivity contribution is 6.64. The van der Waals surface area contributed by atoms with Crippen LogP contribution in [0.1, 0.15) is 34.1 Å². The van der Waals surface area contributed by atoms with Gasteiger partial charge in [-0.15, -0.1) is 0 Å². The van der Waals surface area contributed by atoms with E-state index in [0.29, 0.717) is 5.31 Å². The van der Waals surface area contributed by atoms with Crippen LogP contribution in [0, 0.1) is 0 Å². The molecule has 0 aromatic rings. The molecule has 0 aromatic carbocycles. The Balaban J connectivity index is 2.46. The Hall–Kier alpha value is 0.130. The number of hydrogen-bond acceptors (Lipinski definition) is 0. The molecular formula is C10H21B2. The fourth-order valence-electron chi connectivity index (χ4n) is 2.17. The molecule has 1 aliphatic heterocycles. The van der Waals surface area contributed by atoms with Gasteiger partial charge in [0.15, 0.2) is 0 Å². The van der Waals surface area contributed by atoms with E-state index in [2.05, 4.69) is 35.0 Å². The first-order valence-corrected chi connectivity index (χ1v) is 5.33. The molecule has 1 aliphatic rings. The molecule has 1 atom stereocenters. The van der Waals surface area contributed by atoms with Crippen LogP contribution in [0.4, 0.5) is 0 Å². The van der Waals surface area contributed by atoms with Crippen LogP contribution in [0.5, 0.6) is 0 Å². The first kappa shape index (κ1) is 10.2. The zero-order valence-electron chi connectivity index (χ0n) is 9.06. The highest BCUT2D eigenvalue weighted by atomic mass is 14.1. The van der Waals surface area contributed by atoms with E-state index in [1.807, 2.05) is 0 Å². The van der Waals surface area contributed by atoms with E-state index in [0.717, 1.165) is 12.5 Å². The average Bonchev–Trinajstić information content (AvgIpc) is 2.11. The quantitative estimate of drug-likeness (QED) is 0.478. The summed E-state index contributed by atoms with van der Waals surface area (Å²) in [6, 6.07) is 0. The summed E-state index contributed by atoms with van der Waals surface area (Å²) < 4.78 is 0. The highest BCUT2D eigenvalue weighted by Gasteiger charge is 2.29. The third-order valence-corrected chi connectivity index (χ3v) is 3.28. The second kappa shape index (κ2) is 3.89. The molecule has 0 nitrogen and oxygen atoms in total. The summed E-state index contributed by atoms with van der Waals surface area (Å²) in [6.07, 6.45) is 5.58. The Kier molecular flexibility index (Phi) is 3.31. The number of rotatable bonds is 0. The molecule has 0 saturated carbocycles. The van der Waals surface area contributed by atoms with Gasteiger partial charge in [0.1, 0.15) is 14.0 Å². The molecule has 1 radical (unpaired) electrons. The summed E-state index contributed by atoms with van der Waals surface area (Å²) in [5.41, 5.74) is 0. The van der Waals surface area contributed by atoms with Crippen LogP contribution < -0.4 is 0 Å². The molecule has 2 heteroatoms. The molecule has 1 heterocycles. The number of hydrogen-bond donors (Lipinski definition) is 0. The first-order valence-electron chi connectivity index (χ1n) is 5.33. The summed E-state index contributed by atoms with van der Waals surface area (Å²) in [5, 5.41) is 0.526. The lowest BCUT2D eigenvalue weighted by molar-refractivity contribution is 0.718. The average molecular weight is 163 g/mol. The maximum atomic E-state index is 2.51. The van der Waals surface area contributed by atoms with Crippen molar-refractivity contribution in [1.82, 2.24) is 0 Å². The van der Waals surface area contributed by atoms with Gasteiger partial charge < -0.3 is 0 Å². The van der Waals surface area contributed by atoms with Crippen LogP contribution in [0.25, 0.3) is 0 Å². The fraction of sp³-hybridized carbons (Fsp3) is 1.00. The lowest BCUT2D eigenvalue weighted by atomic mass is 9.31. The normalized spacial score (nSPS) is 26.3. The molecule has 0 aromatic heterocycles. The molecule has 0 N–H and O–H groups in total. The van der Waals surface area contributed by atoms with Gasteiger partial charge in [-0.3, -0.25) is 0 Å². The minimum Gasteiger partial charge on any atom is -0.0862 e. The van der Waals surface area contributed by atoms with Crippen LogP contribution in [-0.2, 0) is 0 Å². The van der Waals surface area contributed by atoms with Crippen LogP contribution >= 0.6 is 0 Å². The van der Waals surface area contributed by atoms with Gasteiger partial charge in [0.05, 0.1) is 0 Å². The zero-order chi connectivity index (χ0) is 9.19. The molecule has 1 saturated heterocycles. The van der Waals surface area contributed by atoms with Crippen LogP contribution in [-0.4, -0.2) is 14.0 Å². The largest absolute Gasteiger partial charge is 0.144 e. The first-order chi connectivity index (χ1) is 5.50. The summed E-state index contributed by atoms with van der Waals surface area (Å²) in [7, 11) is 2.51. The third-order valence-electron chi connectivity index (χ3n) is 3.28. The van der Waals surface area contributed by atoms with Crippen LogP contribution in [0.2, 0.25) is 30.1 Å². The maximum Gasteiger partial charge on any atom is 0.144 e. The zero-order valence-corrected chi connectivity index (χ0v) is 9.06. The van der Waals surface area contributed by atoms with Gasteiger partial charge >= 0.3 is 0 Å². The van der Waals surface area contributed by atoms with E-state index in [1.54, 1.807) is 0 Å². The predicted octanol–water partition coefficient (Wildman–Crippen LogP) is 3.62. The van der Waals surface area contributed by atoms with Crippen molar-refractivity contribution in [2.45, 2.75) is 64.2 Å². The Morgan fingerprint density at radius 3 is 2.50 bits per heavy atom. The predicted molar refractivity (Wildman–Crippen MR) is 59.7 cm³/mol. The lowest BCUT2D eigenvalue weighted by Crippen LogP contribution is -2.23. The van der Waals surface area contributed by atoms with Crippen molar-refractivity contribution in [3.63, 3.8) is 0 Å². The van der Waals surface area contributed by atoms with Crippen molar-refractivity contribution in [3.8, 4) is 0 Å². The van der Waals surface area contributed by atoms with Gasteiger partial charge in [-0.25, -0.2) is 0 Å². The van der Waals surface area contributed by atoms with E-state index in [-0.39, 0.29) is 0 Å². The fourth-order valence-corrected chi connectivity index (χ4v) is 2.17. The second-order valence-corrected chi connectivity index (χ2v) is 5.43. The minimum atomic E-state index is 0.526. The van der Waals surface area contributed by atoms with Crippen molar-refractivity contribution in [2.24, 2.45) is 0 Å². The molecule has 0 bridgehead atoms. The van der Waals surface area contributed by atoms with Crippen molar-refractivity contribution in [3.05, 3.63) is 0 Å². The SMILES string of the molecule is CC1[B]CCB(C(C)(C)C)CC1. The van der Waals surface area contributed by atoms with E-state index >= 15 is 0 Å². The van der Waals surface area contributed by atoms with E-state index < -0.39 is 0 Å². The van der Waals surface area contributed by atoms with Crippen molar-refractivity contribution in [2.75, 3.05) is 0 Å². The summed E-state index contributed by atoms with van der Waals surface area (Å²) in [5.74, 6) is 0.859. The third kappa shape index (κ3) is 2.88. The van der Waals surface area contributed by atoms with Crippen LogP contribution in [0.15, 0.2) is 0 Å². The topological polar surface area (TPSA) is 0 Å². The van der Waals surface area contributed by atoms with E-state index in [9.17, 15) is 0 Å². The van der Waals surface area contributed by atoms with Crippen molar-refractivity contribution < 1.29 is 0 Å². The lowest BCUT2D eigenvalue weighted by Gasteiger charge is -2.26. The monoisotopic (exact) mass is 163 g/mol. The van der Waals surface area contributed by atoms with Gasteiger partial charge in [0.2, 0.25) is 0 Å². The van der Waals surface area contributed by atoms with Crippen molar-refractivity contribution >= 4 is 14.0 Å². The summed E-state index contributed by atoms with van der Waals surface area (Å²) in [4.78, 5) is 0. The molecule has 0 aliphatic carbocycles. The van der Waals surface area contributed by atoms with Gasteiger partial charge in [0.25, 0.3) is 0 Å². The standard InChI is InChI=1S/C10H21B2/c1-9-5-7-12(8-6-11-9)10(2,3)4/h9H,5-8H2,1-4H3. The Bertz CT molecular complexity index is 137. The van der Waals surface area contributed by atoms with Crippen molar-refractivity contribution in [1.29, 1.82) is 0 Å². The molecule has 0 spiro atoms. The molecule has 67 valence electrons. The second-order valence-electron chi connectivity index (χ2n) is 5.43. The summed E-state index contributed by atoms with van der Waals surface area (Å²) >= 11 is 0. The maximum absolute atomic E-state index is 2.51. The Morgan fingerprint density at radius 1 is 1.25 bits per heavy atom. The van der Waals surface area contributed by atoms with Gasteiger partial charge in [-0.2, -0.15) is 0 Å². The minimum absolute atomic E-state index is 0.526. The molecule has 1 fully saturated rings. The smallest absolute Gasteiger partial charge is 0.0862 e. The molecule has 12 heavy (non-hydrogen) atoms. The Morgan fingerprint density at radius 2 is 1.92 bits per heavy atom. The summed E-state index contributed by atoms with van der Waals surface area (Å²) in [6.45, 7) is 10.4.